The number of carbonyl (C=O) groups excluding carboxylic acids is 1. The number of benzene rings is 2. The lowest BCUT2D eigenvalue weighted by molar-refractivity contribution is 0.0342. The lowest BCUT2D eigenvalue weighted by atomic mass is 10.1. The summed E-state index contributed by atoms with van der Waals surface area (Å²) in [6.45, 7) is 7.21. The van der Waals surface area contributed by atoms with E-state index in [2.05, 4.69) is 16.3 Å². The molecule has 1 heterocycles. The highest BCUT2D eigenvalue weighted by molar-refractivity contribution is 5.94. The number of hydrogen-bond acceptors (Lipinski definition) is 4. The molecule has 26 heavy (non-hydrogen) atoms. The smallest absolute Gasteiger partial charge is 0.251 e. The van der Waals surface area contributed by atoms with Crippen molar-refractivity contribution in [3.63, 3.8) is 0 Å². The quantitative estimate of drug-likeness (QED) is 0.777. The number of aryl methyl sites for hydroxylation is 1. The number of morpholine rings is 1. The summed E-state index contributed by atoms with van der Waals surface area (Å²) in [6, 6.07) is 15.7. The van der Waals surface area contributed by atoms with Crippen molar-refractivity contribution >= 4 is 5.91 Å². The molecule has 1 amide bonds. The average Bonchev–Trinajstić information content (AvgIpc) is 2.67. The summed E-state index contributed by atoms with van der Waals surface area (Å²) < 4.78 is 11.1. The molecule has 0 spiro atoms. The van der Waals surface area contributed by atoms with E-state index in [0.717, 1.165) is 49.7 Å². The lowest BCUT2D eigenvalue weighted by Crippen LogP contribution is -2.35. The van der Waals surface area contributed by atoms with E-state index in [1.54, 1.807) is 0 Å². The fourth-order valence-electron chi connectivity index (χ4n) is 2.97. The Labute approximate surface area is 154 Å². The lowest BCUT2D eigenvalue weighted by Gasteiger charge is -2.26. The Morgan fingerprint density at radius 3 is 2.77 bits per heavy atom. The van der Waals surface area contributed by atoms with E-state index in [9.17, 15) is 4.79 Å². The number of hydrogen-bond donors (Lipinski definition) is 1. The minimum Gasteiger partial charge on any atom is -0.491 e. The molecule has 1 aliphatic rings. The minimum atomic E-state index is -0.0674. The number of nitrogens with zero attached hydrogens (tertiary/aromatic N) is 1. The summed E-state index contributed by atoms with van der Waals surface area (Å²) in [5.41, 5.74) is 2.93. The van der Waals surface area contributed by atoms with Crippen LogP contribution in [0.15, 0.2) is 48.5 Å². The largest absolute Gasteiger partial charge is 0.491 e. The third-order valence-electron chi connectivity index (χ3n) is 4.44. The molecule has 1 N–H and O–H groups in total. The maximum absolute atomic E-state index is 12.4. The number of rotatable bonds is 7. The van der Waals surface area contributed by atoms with Gasteiger partial charge in [0.05, 0.1) is 19.8 Å². The zero-order valence-electron chi connectivity index (χ0n) is 15.2. The number of amides is 1. The first-order valence-electron chi connectivity index (χ1n) is 9.08. The molecule has 0 saturated carbocycles. The molecule has 2 aromatic carbocycles. The summed E-state index contributed by atoms with van der Waals surface area (Å²) in [6.07, 6.45) is 0. The van der Waals surface area contributed by atoms with Crippen molar-refractivity contribution in [2.45, 2.75) is 13.5 Å². The molecule has 5 nitrogen and oxygen atoms in total. The Morgan fingerprint density at radius 2 is 1.96 bits per heavy atom. The minimum absolute atomic E-state index is 0.0674. The number of carbonyl (C=O) groups is 1. The van der Waals surface area contributed by atoms with Crippen LogP contribution in [0.25, 0.3) is 0 Å². The Balaban J connectivity index is 1.46. The third-order valence-corrected chi connectivity index (χ3v) is 4.44. The molecule has 0 radical (unpaired) electrons. The van der Waals surface area contributed by atoms with Gasteiger partial charge in [0.25, 0.3) is 5.91 Å². The highest BCUT2D eigenvalue weighted by Crippen LogP contribution is 2.15. The van der Waals surface area contributed by atoms with Crippen LogP contribution in [-0.2, 0) is 11.3 Å². The molecule has 2 aromatic rings. The molecule has 0 bridgehead atoms. The maximum Gasteiger partial charge on any atom is 0.251 e. The molecule has 138 valence electrons. The van der Waals surface area contributed by atoms with E-state index < -0.39 is 0 Å². The Hall–Kier alpha value is -2.37. The Bertz CT molecular complexity index is 727. The number of para-hydroxylation sites is 1. The predicted molar refractivity (Wildman–Crippen MR) is 102 cm³/mol. The van der Waals surface area contributed by atoms with Gasteiger partial charge in [-0.05, 0) is 36.2 Å². The van der Waals surface area contributed by atoms with Gasteiger partial charge in [-0.2, -0.15) is 0 Å². The van der Waals surface area contributed by atoms with Crippen LogP contribution < -0.4 is 10.1 Å². The van der Waals surface area contributed by atoms with Crippen LogP contribution in [0.1, 0.15) is 21.5 Å². The molecule has 1 saturated heterocycles. The van der Waals surface area contributed by atoms with Gasteiger partial charge in [-0.1, -0.05) is 30.3 Å². The van der Waals surface area contributed by atoms with Gasteiger partial charge >= 0.3 is 0 Å². The van der Waals surface area contributed by atoms with E-state index >= 15 is 0 Å². The van der Waals surface area contributed by atoms with Gasteiger partial charge < -0.3 is 14.8 Å². The third kappa shape index (κ3) is 5.31. The van der Waals surface area contributed by atoms with E-state index in [1.165, 1.54) is 0 Å². The molecule has 0 aliphatic carbocycles. The average molecular weight is 354 g/mol. The predicted octanol–water partition coefficient (Wildman–Crippen LogP) is 2.64. The second kappa shape index (κ2) is 9.36. The molecule has 3 rings (SSSR count). The zero-order chi connectivity index (χ0) is 18.2. The van der Waals surface area contributed by atoms with Gasteiger partial charge in [0.15, 0.2) is 0 Å². The second-order valence-corrected chi connectivity index (χ2v) is 6.46. The van der Waals surface area contributed by atoms with E-state index in [-0.39, 0.29) is 5.91 Å². The number of nitrogens with one attached hydrogen (secondary N) is 1. The van der Waals surface area contributed by atoms with Crippen molar-refractivity contribution in [3.05, 3.63) is 65.2 Å². The first kappa shape index (κ1) is 18.4. The molecule has 5 heteroatoms. The van der Waals surface area contributed by atoms with Crippen LogP contribution in [0.3, 0.4) is 0 Å². The van der Waals surface area contributed by atoms with Crippen molar-refractivity contribution < 1.29 is 14.3 Å². The van der Waals surface area contributed by atoms with Crippen molar-refractivity contribution in [3.8, 4) is 5.75 Å². The van der Waals surface area contributed by atoms with E-state index in [4.69, 9.17) is 9.47 Å². The van der Waals surface area contributed by atoms with Crippen LogP contribution in [0, 0.1) is 6.92 Å². The highest BCUT2D eigenvalue weighted by atomic mass is 16.5. The van der Waals surface area contributed by atoms with Crippen molar-refractivity contribution in [2.24, 2.45) is 0 Å². The van der Waals surface area contributed by atoms with Gasteiger partial charge in [-0.15, -0.1) is 0 Å². The SMILES string of the molecule is Cc1ccccc1OCCNC(=O)c1cccc(CN2CCOCC2)c1. The maximum atomic E-state index is 12.4. The van der Waals surface area contributed by atoms with Crippen LogP contribution in [-0.4, -0.2) is 50.3 Å². The van der Waals surface area contributed by atoms with Crippen molar-refractivity contribution in [2.75, 3.05) is 39.5 Å². The van der Waals surface area contributed by atoms with Crippen LogP contribution in [0.5, 0.6) is 5.75 Å². The van der Waals surface area contributed by atoms with E-state index in [1.807, 2.05) is 49.4 Å². The fraction of sp³-hybridized carbons (Fsp3) is 0.381. The van der Waals surface area contributed by atoms with Crippen LogP contribution in [0.4, 0.5) is 0 Å². The van der Waals surface area contributed by atoms with Crippen LogP contribution in [0.2, 0.25) is 0 Å². The molecular weight excluding hydrogens is 328 g/mol. The topological polar surface area (TPSA) is 50.8 Å². The van der Waals surface area contributed by atoms with Crippen molar-refractivity contribution in [1.82, 2.24) is 10.2 Å². The second-order valence-electron chi connectivity index (χ2n) is 6.46. The Morgan fingerprint density at radius 1 is 1.15 bits per heavy atom. The highest BCUT2D eigenvalue weighted by Gasteiger charge is 2.12. The summed E-state index contributed by atoms with van der Waals surface area (Å²) in [5.74, 6) is 0.788. The normalized spacial score (nSPS) is 14.8. The molecule has 1 aliphatic heterocycles. The fourth-order valence-corrected chi connectivity index (χ4v) is 2.97. The van der Waals surface area contributed by atoms with Crippen LogP contribution >= 0.6 is 0 Å². The monoisotopic (exact) mass is 354 g/mol. The van der Waals surface area contributed by atoms with Gasteiger partial charge in [-0.3, -0.25) is 9.69 Å². The summed E-state index contributed by atoms with van der Waals surface area (Å²) in [4.78, 5) is 14.7. The summed E-state index contributed by atoms with van der Waals surface area (Å²) in [7, 11) is 0. The van der Waals surface area contributed by atoms with Gasteiger partial charge in [-0.25, -0.2) is 0 Å². The molecule has 0 unspecified atom stereocenters. The van der Waals surface area contributed by atoms with Gasteiger partial charge in [0.1, 0.15) is 12.4 Å². The standard InChI is InChI=1S/C21H26N2O3/c1-17-5-2-3-8-20(17)26-12-9-22-21(24)19-7-4-6-18(15-19)16-23-10-13-25-14-11-23/h2-8,15H,9-14,16H2,1H3,(H,22,24). The first-order valence-corrected chi connectivity index (χ1v) is 9.08. The van der Waals surface area contributed by atoms with E-state index in [0.29, 0.717) is 18.7 Å². The Kier molecular flexibility index (Phi) is 6.63. The molecular formula is C21H26N2O3. The van der Waals surface area contributed by atoms with Crippen molar-refractivity contribution in [1.29, 1.82) is 0 Å². The molecule has 0 aromatic heterocycles. The summed E-state index contributed by atoms with van der Waals surface area (Å²) in [5, 5.41) is 2.92. The number of ether oxygens (including phenoxy) is 2. The zero-order valence-corrected chi connectivity index (χ0v) is 15.2. The van der Waals surface area contributed by atoms with Gasteiger partial charge in [0.2, 0.25) is 0 Å². The molecule has 1 fully saturated rings. The summed E-state index contributed by atoms with van der Waals surface area (Å²) >= 11 is 0. The first-order chi connectivity index (χ1) is 12.7. The molecule has 0 atom stereocenters. The van der Waals surface area contributed by atoms with Gasteiger partial charge in [0, 0.05) is 25.2 Å².